The molecule has 1 aliphatic carbocycles. The average molecular weight is 456 g/mol. The maximum absolute atomic E-state index is 14.7. The lowest BCUT2D eigenvalue weighted by Gasteiger charge is -2.33. The standard InChI is InChI=1S/C25H30FN3O4/c1-29(19-6-4-3-5-7-19)21-11-10-18(15-20(21)26)28-25(31)13-9-17-8-12-22(23(14-17)32-2)33-16-24(27)30/h8-15,19H,3-7,16H2,1-2H3,(H2,27,30)(H,28,31)/b13-9+. The lowest BCUT2D eigenvalue weighted by atomic mass is 9.94. The van der Waals surface area contributed by atoms with E-state index in [1.165, 1.54) is 38.5 Å². The van der Waals surface area contributed by atoms with Gasteiger partial charge in [-0.05, 0) is 54.8 Å². The lowest BCUT2D eigenvalue weighted by molar-refractivity contribution is -0.120. The Balaban J connectivity index is 1.62. The van der Waals surface area contributed by atoms with Crippen LogP contribution in [-0.4, -0.2) is 38.6 Å². The molecule has 0 heterocycles. The van der Waals surface area contributed by atoms with Gasteiger partial charge in [-0.15, -0.1) is 0 Å². The number of primary amides is 1. The van der Waals surface area contributed by atoms with Crippen molar-refractivity contribution < 1.29 is 23.5 Å². The molecule has 0 unspecified atom stereocenters. The SMILES string of the molecule is COc1cc(/C=C/C(=O)Nc2ccc(N(C)C3CCCCC3)c(F)c2)ccc1OCC(N)=O. The van der Waals surface area contributed by atoms with E-state index in [-0.39, 0.29) is 12.4 Å². The van der Waals surface area contributed by atoms with Crippen molar-refractivity contribution in [2.24, 2.45) is 5.73 Å². The molecule has 33 heavy (non-hydrogen) atoms. The van der Waals surface area contributed by atoms with Crippen LogP contribution in [0, 0.1) is 5.82 Å². The molecule has 0 aliphatic heterocycles. The number of amides is 2. The topological polar surface area (TPSA) is 93.9 Å². The zero-order valence-electron chi connectivity index (χ0n) is 19.0. The van der Waals surface area contributed by atoms with Gasteiger partial charge in [-0.1, -0.05) is 25.3 Å². The first-order valence-electron chi connectivity index (χ1n) is 11.0. The normalized spacial score (nSPS) is 14.2. The van der Waals surface area contributed by atoms with Crippen LogP contribution in [0.25, 0.3) is 6.08 Å². The van der Waals surface area contributed by atoms with Gasteiger partial charge in [0, 0.05) is 24.9 Å². The fraction of sp³-hybridized carbons (Fsp3) is 0.360. The van der Waals surface area contributed by atoms with E-state index in [1.54, 1.807) is 36.4 Å². The van der Waals surface area contributed by atoms with Crippen molar-refractivity contribution in [1.29, 1.82) is 0 Å². The third kappa shape index (κ3) is 6.71. The third-order valence-electron chi connectivity index (χ3n) is 5.70. The van der Waals surface area contributed by atoms with Crippen molar-refractivity contribution in [3.05, 3.63) is 53.9 Å². The first kappa shape index (κ1) is 24.1. The van der Waals surface area contributed by atoms with Crippen LogP contribution in [0.4, 0.5) is 15.8 Å². The number of anilines is 2. The van der Waals surface area contributed by atoms with E-state index in [0.29, 0.717) is 34.5 Å². The minimum Gasteiger partial charge on any atom is -0.493 e. The number of carbonyl (C=O) groups is 2. The quantitative estimate of drug-likeness (QED) is 0.555. The van der Waals surface area contributed by atoms with Gasteiger partial charge in [0.05, 0.1) is 12.8 Å². The van der Waals surface area contributed by atoms with E-state index in [9.17, 15) is 14.0 Å². The second kappa shape index (κ2) is 11.4. The Morgan fingerprint density at radius 2 is 1.91 bits per heavy atom. The van der Waals surface area contributed by atoms with E-state index in [2.05, 4.69) is 5.32 Å². The summed E-state index contributed by atoms with van der Waals surface area (Å²) in [7, 11) is 3.39. The van der Waals surface area contributed by atoms with Gasteiger partial charge in [0.2, 0.25) is 5.91 Å². The van der Waals surface area contributed by atoms with Crippen LogP contribution in [0.5, 0.6) is 11.5 Å². The van der Waals surface area contributed by atoms with Gasteiger partial charge in [0.15, 0.2) is 18.1 Å². The van der Waals surface area contributed by atoms with Gasteiger partial charge in [0.25, 0.3) is 5.91 Å². The number of methoxy groups -OCH3 is 1. The van der Waals surface area contributed by atoms with Gasteiger partial charge < -0.3 is 25.4 Å². The summed E-state index contributed by atoms with van der Waals surface area (Å²) in [6, 6.07) is 10.1. The number of benzene rings is 2. The molecule has 0 spiro atoms. The van der Waals surface area contributed by atoms with Gasteiger partial charge in [-0.3, -0.25) is 9.59 Å². The fourth-order valence-corrected chi connectivity index (χ4v) is 3.95. The molecule has 0 bridgehead atoms. The largest absolute Gasteiger partial charge is 0.493 e. The van der Waals surface area contributed by atoms with Crippen molar-refractivity contribution in [1.82, 2.24) is 0 Å². The maximum Gasteiger partial charge on any atom is 0.255 e. The number of nitrogens with two attached hydrogens (primary N) is 1. The number of ether oxygens (including phenoxy) is 2. The molecule has 8 heteroatoms. The zero-order valence-corrected chi connectivity index (χ0v) is 19.0. The predicted molar refractivity (Wildman–Crippen MR) is 127 cm³/mol. The van der Waals surface area contributed by atoms with Crippen LogP contribution in [-0.2, 0) is 9.59 Å². The van der Waals surface area contributed by atoms with Gasteiger partial charge in [0.1, 0.15) is 5.82 Å². The van der Waals surface area contributed by atoms with Gasteiger partial charge in [-0.25, -0.2) is 4.39 Å². The molecule has 1 aliphatic rings. The molecule has 2 amide bonds. The van der Waals surface area contributed by atoms with Crippen LogP contribution < -0.4 is 25.4 Å². The van der Waals surface area contributed by atoms with Crippen molar-refractivity contribution in [2.45, 2.75) is 38.1 Å². The number of rotatable bonds is 9. The maximum atomic E-state index is 14.7. The van der Waals surface area contributed by atoms with Crippen molar-refractivity contribution in [2.75, 3.05) is 31.0 Å². The number of nitrogens with one attached hydrogen (secondary N) is 1. The van der Waals surface area contributed by atoms with Crippen LogP contribution in [0.3, 0.4) is 0 Å². The Morgan fingerprint density at radius 1 is 1.15 bits per heavy atom. The van der Waals surface area contributed by atoms with Crippen molar-refractivity contribution in [3.63, 3.8) is 0 Å². The number of halogens is 1. The highest BCUT2D eigenvalue weighted by Crippen LogP contribution is 2.30. The van der Waals surface area contributed by atoms with Crippen LogP contribution in [0.2, 0.25) is 0 Å². The molecule has 7 nitrogen and oxygen atoms in total. The van der Waals surface area contributed by atoms with Crippen molar-refractivity contribution in [3.8, 4) is 11.5 Å². The summed E-state index contributed by atoms with van der Waals surface area (Å²) in [5, 5.41) is 2.68. The molecular formula is C25H30FN3O4. The van der Waals surface area contributed by atoms with E-state index < -0.39 is 11.8 Å². The molecule has 1 saturated carbocycles. The Hall–Kier alpha value is -3.55. The third-order valence-corrected chi connectivity index (χ3v) is 5.70. The first-order chi connectivity index (χ1) is 15.9. The summed E-state index contributed by atoms with van der Waals surface area (Å²) in [5.74, 6) is -0.579. The molecular weight excluding hydrogens is 425 g/mol. The molecule has 0 radical (unpaired) electrons. The predicted octanol–water partition coefficient (Wildman–Crippen LogP) is 4.12. The average Bonchev–Trinajstić information content (AvgIpc) is 2.81. The highest BCUT2D eigenvalue weighted by atomic mass is 19.1. The Morgan fingerprint density at radius 3 is 2.58 bits per heavy atom. The van der Waals surface area contributed by atoms with Gasteiger partial charge in [-0.2, -0.15) is 0 Å². The van der Waals surface area contributed by atoms with Crippen molar-refractivity contribution >= 4 is 29.3 Å². The molecule has 3 N–H and O–H groups in total. The second-order valence-electron chi connectivity index (χ2n) is 8.06. The number of carbonyl (C=O) groups excluding carboxylic acids is 2. The zero-order chi connectivity index (χ0) is 23.8. The number of hydrogen-bond donors (Lipinski definition) is 2. The monoisotopic (exact) mass is 455 g/mol. The molecule has 0 atom stereocenters. The molecule has 0 aromatic heterocycles. The van der Waals surface area contributed by atoms with Crippen LogP contribution in [0.15, 0.2) is 42.5 Å². The second-order valence-corrected chi connectivity index (χ2v) is 8.06. The van der Waals surface area contributed by atoms with Gasteiger partial charge >= 0.3 is 0 Å². The van der Waals surface area contributed by atoms with E-state index in [4.69, 9.17) is 15.2 Å². The molecule has 3 rings (SSSR count). The Bertz CT molecular complexity index is 1020. The number of nitrogens with zero attached hydrogens (tertiary/aromatic N) is 1. The summed E-state index contributed by atoms with van der Waals surface area (Å²) in [6.45, 7) is -0.264. The summed E-state index contributed by atoms with van der Waals surface area (Å²) in [6.07, 6.45) is 8.67. The summed E-state index contributed by atoms with van der Waals surface area (Å²) < 4.78 is 25.3. The van der Waals surface area contributed by atoms with E-state index in [0.717, 1.165) is 12.8 Å². The fourth-order valence-electron chi connectivity index (χ4n) is 3.95. The first-order valence-corrected chi connectivity index (χ1v) is 11.0. The summed E-state index contributed by atoms with van der Waals surface area (Å²) >= 11 is 0. The lowest BCUT2D eigenvalue weighted by Crippen LogP contribution is -2.33. The van der Waals surface area contributed by atoms with Crippen LogP contribution in [0.1, 0.15) is 37.7 Å². The van der Waals surface area contributed by atoms with E-state index in [1.807, 2.05) is 11.9 Å². The molecule has 2 aromatic rings. The molecule has 2 aromatic carbocycles. The minimum absolute atomic E-state index is 0.264. The Labute approximate surface area is 193 Å². The van der Waals surface area contributed by atoms with Crippen LogP contribution >= 0.6 is 0 Å². The number of hydrogen-bond acceptors (Lipinski definition) is 5. The summed E-state index contributed by atoms with van der Waals surface area (Å²) in [4.78, 5) is 25.2. The highest BCUT2D eigenvalue weighted by molar-refractivity contribution is 6.02. The molecule has 176 valence electrons. The van der Waals surface area contributed by atoms with E-state index >= 15 is 0 Å². The molecule has 0 saturated heterocycles. The Kier molecular flexibility index (Phi) is 8.29. The smallest absolute Gasteiger partial charge is 0.255 e. The highest BCUT2D eigenvalue weighted by Gasteiger charge is 2.20. The minimum atomic E-state index is -0.595. The molecule has 1 fully saturated rings. The summed E-state index contributed by atoms with van der Waals surface area (Å²) in [5.41, 5.74) is 6.70.